The van der Waals surface area contributed by atoms with Gasteiger partial charge in [0.15, 0.2) is 0 Å². The van der Waals surface area contributed by atoms with Crippen molar-refractivity contribution >= 4 is 23.4 Å². The molecule has 2 aromatic carbocycles. The Labute approximate surface area is 142 Å². The van der Waals surface area contributed by atoms with Crippen LogP contribution in [0.25, 0.3) is 0 Å². The molecule has 0 saturated carbocycles. The summed E-state index contributed by atoms with van der Waals surface area (Å²) in [7, 11) is 1.34. The van der Waals surface area contributed by atoms with E-state index in [1.807, 2.05) is 0 Å². The van der Waals surface area contributed by atoms with Gasteiger partial charge < -0.3 is 20.5 Å². The van der Waals surface area contributed by atoms with Crippen LogP contribution in [-0.2, 0) is 6.54 Å². The fraction of sp³-hybridized carbons (Fsp3) is 0.125. The van der Waals surface area contributed by atoms with Gasteiger partial charge >= 0.3 is 12.0 Å². The van der Waals surface area contributed by atoms with Crippen molar-refractivity contribution in [1.29, 1.82) is 0 Å². The van der Waals surface area contributed by atoms with Gasteiger partial charge in [-0.2, -0.15) is 0 Å². The first-order chi connectivity index (χ1) is 11.9. The van der Waals surface area contributed by atoms with Gasteiger partial charge in [0.05, 0.1) is 29.4 Å². The summed E-state index contributed by atoms with van der Waals surface area (Å²) in [5.41, 5.74) is 1.01. The molecule has 2 rings (SSSR count). The lowest BCUT2D eigenvalue weighted by Crippen LogP contribution is -2.28. The normalized spacial score (nSPS) is 9.96. The van der Waals surface area contributed by atoms with Gasteiger partial charge in [-0.3, -0.25) is 10.1 Å². The predicted octanol–water partition coefficient (Wildman–Crippen LogP) is 2.62. The first-order valence-electron chi connectivity index (χ1n) is 7.10. The van der Waals surface area contributed by atoms with Crippen molar-refractivity contribution in [2.75, 3.05) is 12.4 Å². The Morgan fingerprint density at radius 1 is 1.20 bits per heavy atom. The average Bonchev–Trinajstić information content (AvgIpc) is 2.60. The minimum atomic E-state index is -1.03. The Hall–Kier alpha value is -3.62. The number of methoxy groups -OCH3 is 1. The van der Waals surface area contributed by atoms with Crippen molar-refractivity contribution in [2.24, 2.45) is 0 Å². The number of anilines is 1. The van der Waals surface area contributed by atoms with Crippen LogP contribution >= 0.6 is 0 Å². The zero-order chi connectivity index (χ0) is 18.4. The van der Waals surface area contributed by atoms with Gasteiger partial charge in [-0.1, -0.05) is 12.1 Å². The quantitative estimate of drug-likeness (QED) is 0.545. The number of carboxylic acids is 1. The number of urea groups is 1. The molecule has 2 amide bonds. The summed E-state index contributed by atoms with van der Waals surface area (Å²) in [6.45, 7) is 0.182. The van der Waals surface area contributed by atoms with Crippen molar-refractivity contribution in [3.8, 4) is 5.75 Å². The first kappa shape index (κ1) is 17.7. The van der Waals surface area contributed by atoms with Gasteiger partial charge in [0.25, 0.3) is 5.69 Å². The minimum absolute atomic E-state index is 0.152. The summed E-state index contributed by atoms with van der Waals surface area (Å²) in [5, 5.41) is 24.7. The highest BCUT2D eigenvalue weighted by Crippen LogP contribution is 2.28. The highest BCUT2D eigenvalue weighted by Gasteiger charge is 2.13. The number of carbonyl (C=O) groups is 2. The Bertz CT molecular complexity index is 804. The molecule has 9 nitrogen and oxygen atoms in total. The number of ether oxygens (including phenoxy) is 1. The minimum Gasteiger partial charge on any atom is -0.494 e. The number of amides is 2. The smallest absolute Gasteiger partial charge is 0.335 e. The average molecular weight is 345 g/mol. The number of aromatic carboxylic acids is 1. The molecular formula is C16H15N3O6. The molecule has 0 aliphatic carbocycles. The molecule has 0 aromatic heterocycles. The second-order valence-corrected chi connectivity index (χ2v) is 4.95. The van der Waals surface area contributed by atoms with Crippen molar-refractivity contribution < 1.29 is 24.4 Å². The third-order valence-corrected chi connectivity index (χ3v) is 3.30. The molecule has 0 spiro atoms. The maximum Gasteiger partial charge on any atom is 0.335 e. The number of nitro groups is 1. The van der Waals surface area contributed by atoms with Crippen LogP contribution < -0.4 is 15.4 Å². The zero-order valence-corrected chi connectivity index (χ0v) is 13.2. The maximum absolute atomic E-state index is 11.9. The number of rotatable bonds is 6. The fourth-order valence-electron chi connectivity index (χ4n) is 2.01. The van der Waals surface area contributed by atoms with E-state index in [1.165, 1.54) is 37.4 Å². The van der Waals surface area contributed by atoms with Crippen LogP contribution in [0.2, 0.25) is 0 Å². The van der Waals surface area contributed by atoms with E-state index in [0.29, 0.717) is 0 Å². The number of nitro benzene ring substituents is 1. The SMILES string of the molecule is COc1cc([N+](=O)[O-])ccc1NC(=O)NCc1ccc(C(=O)O)cc1. The summed E-state index contributed by atoms with van der Waals surface area (Å²) in [6.07, 6.45) is 0. The topological polar surface area (TPSA) is 131 Å². The van der Waals surface area contributed by atoms with Crippen molar-refractivity contribution in [1.82, 2.24) is 5.32 Å². The lowest BCUT2D eigenvalue weighted by atomic mass is 10.1. The molecule has 25 heavy (non-hydrogen) atoms. The van der Waals surface area contributed by atoms with E-state index in [0.717, 1.165) is 5.56 Å². The molecule has 0 aliphatic heterocycles. The van der Waals surface area contributed by atoms with Crippen LogP contribution in [0, 0.1) is 10.1 Å². The van der Waals surface area contributed by atoms with Crippen LogP contribution in [0.15, 0.2) is 42.5 Å². The van der Waals surface area contributed by atoms with Crippen LogP contribution in [0.3, 0.4) is 0 Å². The highest BCUT2D eigenvalue weighted by molar-refractivity contribution is 5.91. The lowest BCUT2D eigenvalue weighted by Gasteiger charge is -2.11. The van der Waals surface area contributed by atoms with E-state index in [4.69, 9.17) is 9.84 Å². The van der Waals surface area contributed by atoms with E-state index in [1.54, 1.807) is 12.1 Å². The second-order valence-electron chi connectivity index (χ2n) is 4.95. The molecule has 0 bridgehead atoms. The number of non-ortho nitro benzene ring substituents is 1. The third-order valence-electron chi connectivity index (χ3n) is 3.30. The number of benzene rings is 2. The van der Waals surface area contributed by atoms with Crippen LogP contribution in [0.4, 0.5) is 16.2 Å². The van der Waals surface area contributed by atoms with E-state index >= 15 is 0 Å². The largest absolute Gasteiger partial charge is 0.494 e. The molecule has 130 valence electrons. The summed E-state index contributed by atoms with van der Waals surface area (Å²) >= 11 is 0. The van der Waals surface area contributed by atoms with Gasteiger partial charge in [-0.05, 0) is 23.8 Å². The molecule has 0 radical (unpaired) electrons. The maximum atomic E-state index is 11.9. The monoisotopic (exact) mass is 345 g/mol. The van der Waals surface area contributed by atoms with Gasteiger partial charge in [0.1, 0.15) is 5.75 Å². The Morgan fingerprint density at radius 3 is 2.44 bits per heavy atom. The van der Waals surface area contributed by atoms with Crippen molar-refractivity contribution in [3.63, 3.8) is 0 Å². The molecule has 0 heterocycles. The molecule has 0 saturated heterocycles. The van der Waals surface area contributed by atoms with Crippen LogP contribution in [0.1, 0.15) is 15.9 Å². The fourth-order valence-corrected chi connectivity index (χ4v) is 2.01. The van der Waals surface area contributed by atoms with E-state index in [-0.39, 0.29) is 29.2 Å². The number of carboxylic acid groups (broad SMARTS) is 1. The van der Waals surface area contributed by atoms with Crippen molar-refractivity contribution in [3.05, 3.63) is 63.7 Å². The van der Waals surface area contributed by atoms with Crippen LogP contribution in [-0.4, -0.2) is 29.1 Å². The summed E-state index contributed by atoms with van der Waals surface area (Å²) in [4.78, 5) is 32.9. The number of nitrogens with zero attached hydrogens (tertiary/aromatic N) is 1. The molecule has 0 unspecified atom stereocenters. The molecule has 0 fully saturated rings. The van der Waals surface area contributed by atoms with E-state index in [2.05, 4.69) is 10.6 Å². The molecule has 0 atom stereocenters. The standard InChI is InChI=1S/C16H15N3O6/c1-25-14-8-12(19(23)24)6-7-13(14)18-16(22)17-9-10-2-4-11(5-3-10)15(20)21/h2-8H,9H2,1H3,(H,20,21)(H2,17,18,22). The van der Waals surface area contributed by atoms with Gasteiger partial charge in [0, 0.05) is 12.6 Å². The summed E-state index contributed by atoms with van der Waals surface area (Å²) < 4.78 is 5.03. The summed E-state index contributed by atoms with van der Waals surface area (Å²) in [6, 6.07) is 9.37. The zero-order valence-electron chi connectivity index (χ0n) is 13.2. The van der Waals surface area contributed by atoms with Gasteiger partial charge in [-0.25, -0.2) is 9.59 Å². The first-order valence-corrected chi connectivity index (χ1v) is 7.10. The lowest BCUT2D eigenvalue weighted by molar-refractivity contribution is -0.384. The highest BCUT2D eigenvalue weighted by atomic mass is 16.6. The molecule has 2 aromatic rings. The number of hydrogen-bond acceptors (Lipinski definition) is 5. The number of hydrogen-bond donors (Lipinski definition) is 3. The molecule has 0 aliphatic rings. The third kappa shape index (κ3) is 4.67. The van der Waals surface area contributed by atoms with Crippen molar-refractivity contribution in [2.45, 2.75) is 6.54 Å². The molecular weight excluding hydrogens is 330 g/mol. The summed E-state index contributed by atoms with van der Waals surface area (Å²) in [5.74, 6) is -0.863. The predicted molar refractivity (Wildman–Crippen MR) is 88.9 cm³/mol. The Balaban J connectivity index is 1.98. The Kier molecular flexibility index (Phi) is 5.51. The van der Waals surface area contributed by atoms with Gasteiger partial charge in [0.2, 0.25) is 0 Å². The molecule has 3 N–H and O–H groups in total. The van der Waals surface area contributed by atoms with E-state index in [9.17, 15) is 19.7 Å². The van der Waals surface area contributed by atoms with Gasteiger partial charge in [-0.15, -0.1) is 0 Å². The van der Waals surface area contributed by atoms with E-state index < -0.39 is 16.9 Å². The molecule has 9 heteroatoms. The number of nitrogens with one attached hydrogen (secondary N) is 2. The number of carbonyl (C=O) groups excluding carboxylic acids is 1. The Morgan fingerprint density at radius 2 is 1.88 bits per heavy atom. The second kappa shape index (κ2) is 7.77. The van der Waals surface area contributed by atoms with Crippen LogP contribution in [0.5, 0.6) is 5.75 Å².